The second-order valence-electron chi connectivity index (χ2n) is 7.69. The largest absolute Gasteiger partial charge is 0.376 e. The van der Waals surface area contributed by atoms with Crippen molar-refractivity contribution >= 4 is 23.7 Å². The highest BCUT2D eigenvalue weighted by atomic mass is 32.2. The fraction of sp³-hybridized carbons (Fsp3) is 0.269. The van der Waals surface area contributed by atoms with Crippen molar-refractivity contribution in [2.24, 2.45) is 0 Å². The van der Waals surface area contributed by atoms with Crippen LogP contribution < -0.4 is 5.32 Å². The van der Waals surface area contributed by atoms with Crippen molar-refractivity contribution in [1.82, 2.24) is 15.1 Å². The second-order valence-corrected chi connectivity index (χ2v) is 9.02. The molecule has 1 amide bonds. The first-order valence-corrected chi connectivity index (χ1v) is 12.1. The Morgan fingerprint density at radius 2 is 2.06 bits per heavy atom. The number of hydrogen-bond acceptors (Lipinski definition) is 5. The quantitative estimate of drug-likeness (QED) is 0.296. The van der Waals surface area contributed by atoms with Crippen LogP contribution in [-0.4, -0.2) is 40.7 Å². The molecule has 1 fully saturated rings. The van der Waals surface area contributed by atoms with Gasteiger partial charge in [0.15, 0.2) is 0 Å². The average Bonchev–Trinajstić information content (AvgIpc) is 3.52. The predicted octanol–water partition coefficient (Wildman–Crippen LogP) is 4.85. The summed E-state index contributed by atoms with van der Waals surface area (Å²) in [5.74, 6) is 0.601. The minimum Gasteiger partial charge on any atom is -0.376 e. The number of thioether (sulfide) groups is 1. The zero-order valence-corrected chi connectivity index (χ0v) is 19.3. The molecule has 1 atom stereocenters. The predicted molar refractivity (Wildman–Crippen MR) is 131 cm³/mol. The molecule has 2 aromatic carbocycles. The summed E-state index contributed by atoms with van der Waals surface area (Å²) in [6.45, 7) is 3.25. The fourth-order valence-electron chi connectivity index (χ4n) is 3.72. The summed E-state index contributed by atoms with van der Waals surface area (Å²) >= 11 is 1.78. The van der Waals surface area contributed by atoms with E-state index in [1.54, 1.807) is 22.5 Å². The Balaban J connectivity index is 1.66. The molecule has 0 bridgehead atoms. The molecule has 4 rings (SSSR count). The smallest absolute Gasteiger partial charge is 0.262 e. The molecule has 33 heavy (non-hydrogen) atoms. The molecule has 168 valence electrons. The molecule has 1 aromatic heterocycles. The van der Waals surface area contributed by atoms with Gasteiger partial charge in [-0.1, -0.05) is 37.3 Å². The highest BCUT2D eigenvalue weighted by molar-refractivity contribution is 7.99. The van der Waals surface area contributed by atoms with E-state index in [1.807, 2.05) is 54.7 Å². The molecular formula is C26H26N4O2S. The number of nitrogens with one attached hydrogen (secondary N) is 1. The summed E-state index contributed by atoms with van der Waals surface area (Å²) in [5.41, 5.74) is 3.29. The maximum absolute atomic E-state index is 12.7. The first kappa shape index (κ1) is 22.8. The van der Waals surface area contributed by atoms with Crippen molar-refractivity contribution < 1.29 is 9.53 Å². The van der Waals surface area contributed by atoms with Crippen LogP contribution in [0.1, 0.15) is 25.3 Å². The molecule has 0 radical (unpaired) electrons. The Morgan fingerprint density at radius 3 is 2.73 bits per heavy atom. The number of hydrogen-bond donors (Lipinski definition) is 1. The Kier molecular flexibility index (Phi) is 7.61. The lowest BCUT2D eigenvalue weighted by molar-refractivity contribution is -0.117. The number of nitriles is 1. The molecule has 1 aliphatic rings. The van der Waals surface area contributed by atoms with E-state index in [4.69, 9.17) is 9.84 Å². The van der Waals surface area contributed by atoms with Crippen LogP contribution in [0.15, 0.2) is 71.3 Å². The maximum Gasteiger partial charge on any atom is 0.262 e. The third kappa shape index (κ3) is 5.72. The molecule has 0 saturated carbocycles. The number of carbonyl (C=O) groups is 1. The summed E-state index contributed by atoms with van der Waals surface area (Å²) < 4.78 is 7.33. The highest BCUT2D eigenvalue weighted by Crippen LogP contribution is 2.28. The molecule has 0 spiro atoms. The average molecular weight is 459 g/mol. The zero-order chi connectivity index (χ0) is 23.0. The number of ether oxygens (including phenoxy) is 1. The van der Waals surface area contributed by atoms with Crippen LogP contribution in [0.3, 0.4) is 0 Å². The molecule has 1 aliphatic heterocycles. The molecule has 7 heteroatoms. The lowest BCUT2D eigenvalue weighted by Crippen LogP contribution is -2.32. The lowest BCUT2D eigenvalue weighted by Gasteiger charge is -2.10. The van der Waals surface area contributed by atoms with Gasteiger partial charge in [-0.3, -0.25) is 4.79 Å². The molecule has 3 aromatic rings. The monoisotopic (exact) mass is 458 g/mol. The number of aromatic nitrogens is 2. The number of carbonyl (C=O) groups excluding carboxylic acids is 1. The summed E-state index contributed by atoms with van der Waals surface area (Å²) in [7, 11) is 0. The Hall–Kier alpha value is -3.34. The van der Waals surface area contributed by atoms with E-state index in [1.165, 1.54) is 4.90 Å². The molecule has 0 aliphatic carbocycles. The van der Waals surface area contributed by atoms with Crippen LogP contribution in [0.25, 0.3) is 23.0 Å². The van der Waals surface area contributed by atoms with Gasteiger partial charge in [0, 0.05) is 35.4 Å². The van der Waals surface area contributed by atoms with Gasteiger partial charge < -0.3 is 10.1 Å². The number of rotatable bonds is 8. The standard InChI is InChI=1S/C26H26N4O2S/c1-2-33-24-12-10-19(11-13-24)25-21(18-30(29-25)22-7-4-3-5-8-22)15-20(16-27)26(31)28-17-23-9-6-14-32-23/h3-5,7-8,10-13,15,18,23H,2,6,9,14,17H2,1H3,(H,28,31)/b20-15-/t23-/m0/s1. The number of benzene rings is 2. The van der Waals surface area contributed by atoms with Crippen LogP contribution in [0.4, 0.5) is 0 Å². The first-order valence-electron chi connectivity index (χ1n) is 11.1. The number of nitrogens with zero attached hydrogens (tertiary/aromatic N) is 3. The number of para-hydroxylation sites is 1. The Labute approximate surface area is 198 Å². The van der Waals surface area contributed by atoms with Gasteiger partial charge in [0.1, 0.15) is 11.6 Å². The minimum absolute atomic E-state index is 0.0183. The first-order chi connectivity index (χ1) is 16.2. The molecular weight excluding hydrogens is 432 g/mol. The van der Waals surface area contributed by atoms with Crippen LogP contribution >= 0.6 is 11.8 Å². The Bertz CT molecular complexity index is 1160. The highest BCUT2D eigenvalue weighted by Gasteiger charge is 2.19. The zero-order valence-electron chi connectivity index (χ0n) is 18.5. The van der Waals surface area contributed by atoms with E-state index in [0.717, 1.165) is 36.5 Å². The molecule has 1 saturated heterocycles. The summed E-state index contributed by atoms with van der Waals surface area (Å²) in [4.78, 5) is 13.9. The number of amides is 1. The lowest BCUT2D eigenvalue weighted by atomic mass is 10.1. The van der Waals surface area contributed by atoms with Crippen LogP contribution in [-0.2, 0) is 9.53 Å². The molecule has 1 N–H and O–H groups in total. The summed E-state index contributed by atoms with van der Waals surface area (Å²) in [6, 6.07) is 20.0. The minimum atomic E-state index is -0.402. The second kappa shape index (κ2) is 11.0. The van der Waals surface area contributed by atoms with E-state index in [-0.39, 0.29) is 11.7 Å². The van der Waals surface area contributed by atoms with E-state index >= 15 is 0 Å². The van der Waals surface area contributed by atoms with Crippen molar-refractivity contribution in [2.75, 3.05) is 18.9 Å². The molecule has 2 heterocycles. The van der Waals surface area contributed by atoms with Crippen LogP contribution in [0.5, 0.6) is 0 Å². The van der Waals surface area contributed by atoms with Gasteiger partial charge in [-0.05, 0) is 48.9 Å². The van der Waals surface area contributed by atoms with Crippen molar-refractivity contribution in [1.29, 1.82) is 5.26 Å². The normalized spacial score (nSPS) is 15.9. The summed E-state index contributed by atoms with van der Waals surface area (Å²) in [5, 5.41) is 17.3. The van der Waals surface area contributed by atoms with Gasteiger partial charge >= 0.3 is 0 Å². The van der Waals surface area contributed by atoms with E-state index in [9.17, 15) is 10.1 Å². The van der Waals surface area contributed by atoms with Crippen molar-refractivity contribution in [3.63, 3.8) is 0 Å². The van der Waals surface area contributed by atoms with E-state index < -0.39 is 5.91 Å². The van der Waals surface area contributed by atoms with Gasteiger partial charge in [0.25, 0.3) is 5.91 Å². The third-order valence-corrected chi connectivity index (χ3v) is 6.28. The van der Waals surface area contributed by atoms with Gasteiger partial charge in [-0.2, -0.15) is 10.4 Å². The SMILES string of the molecule is CCSc1ccc(-c2nn(-c3ccccc3)cc2/C=C(/C#N)C(=O)NC[C@@H]2CCCO2)cc1. The van der Waals surface area contributed by atoms with Crippen molar-refractivity contribution in [3.05, 3.63) is 71.9 Å². The van der Waals surface area contributed by atoms with Gasteiger partial charge in [-0.15, -0.1) is 11.8 Å². The maximum atomic E-state index is 12.7. The van der Waals surface area contributed by atoms with Crippen molar-refractivity contribution in [2.45, 2.75) is 30.8 Å². The van der Waals surface area contributed by atoms with Crippen LogP contribution in [0.2, 0.25) is 0 Å². The molecule has 6 nitrogen and oxygen atoms in total. The van der Waals surface area contributed by atoms with E-state index in [2.05, 4.69) is 24.4 Å². The molecule has 0 unspecified atom stereocenters. The van der Waals surface area contributed by atoms with Gasteiger partial charge in [0.2, 0.25) is 0 Å². The summed E-state index contributed by atoms with van der Waals surface area (Å²) in [6.07, 6.45) is 5.40. The van der Waals surface area contributed by atoms with Gasteiger partial charge in [-0.25, -0.2) is 4.68 Å². The fourth-order valence-corrected chi connectivity index (χ4v) is 4.38. The van der Waals surface area contributed by atoms with Crippen LogP contribution in [0, 0.1) is 11.3 Å². The van der Waals surface area contributed by atoms with E-state index in [0.29, 0.717) is 17.8 Å². The third-order valence-electron chi connectivity index (χ3n) is 5.38. The van der Waals surface area contributed by atoms with Gasteiger partial charge in [0.05, 0.1) is 17.5 Å². The topological polar surface area (TPSA) is 79.9 Å². The van der Waals surface area contributed by atoms with Crippen molar-refractivity contribution in [3.8, 4) is 23.0 Å². The Morgan fingerprint density at radius 1 is 1.27 bits per heavy atom.